The van der Waals surface area contributed by atoms with E-state index in [9.17, 15) is 13.2 Å². The minimum atomic E-state index is -3.92. The van der Waals surface area contributed by atoms with Gasteiger partial charge in [-0.15, -0.1) is 0 Å². The van der Waals surface area contributed by atoms with Gasteiger partial charge in [0.15, 0.2) is 6.10 Å². The number of carbonyl (C=O) groups excluding carboxylic acids is 1. The van der Waals surface area contributed by atoms with Crippen LogP contribution in [0.3, 0.4) is 0 Å². The lowest BCUT2D eigenvalue weighted by molar-refractivity contribution is -0.122. The van der Waals surface area contributed by atoms with Gasteiger partial charge in [-0.3, -0.25) is 9.10 Å². The number of fused-ring (bicyclic) bond motifs is 1. The number of hydrogen-bond acceptors (Lipinski definition) is 4. The van der Waals surface area contributed by atoms with E-state index in [2.05, 4.69) is 26.1 Å². The Morgan fingerprint density at radius 3 is 2.35 bits per heavy atom. The molecule has 0 fully saturated rings. The number of hydrogen-bond donors (Lipinski definition) is 1. The molecule has 7 heteroatoms. The van der Waals surface area contributed by atoms with Crippen LogP contribution in [-0.4, -0.2) is 27.0 Å². The third-order valence-corrected chi connectivity index (χ3v) is 7.75. The molecule has 1 heterocycles. The smallest absolute Gasteiger partial charge is 0.267 e. The zero-order valence-corrected chi connectivity index (χ0v) is 20.9. The molecule has 0 bridgehead atoms. The highest BCUT2D eigenvalue weighted by Crippen LogP contribution is 2.40. The largest absolute Gasteiger partial charge is 0.476 e. The van der Waals surface area contributed by atoms with Crippen LogP contribution in [0.25, 0.3) is 0 Å². The number of amides is 1. The van der Waals surface area contributed by atoms with E-state index in [4.69, 9.17) is 4.74 Å². The highest BCUT2D eigenvalue weighted by atomic mass is 32.2. The maximum atomic E-state index is 13.7. The zero-order chi connectivity index (χ0) is 24.7. The van der Waals surface area contributed by atoms with Gasteiger partial charge in [0.1, 0.15) is 5.75 Å². The highest BCUT2D eigenvalue weighted by molar-refractivity contribution is 7.92. The van der Waals surface area contributed by atoms with E-state index in [-0.39, 0.29) is 16.9 Å². The van der Waals surface area contributed by atoms with Crippen molar-refractivity contribution in [3.8, 4) is 5.75 Å². The Kier molecular flexibility index (Phi) is 6.16. The van der Waals surface area contributed by atoms with E-state index in [1.165, 1.54) is 4.31 Å². The normalized spacial score (nSPS) is 15.9. The van der Waals surface area contributed by atoms with Crippen LogP contribution in [0.4, 0.5) is 11.4 Å². The number of sulfonamides is 1. The van der Waals surface area contributed by atoms with E-state index in [1.807, 2.05) is 44.2 Å². The lowest BCUT2D eigenvalue weighted by atomic mass is 9.86. The van der Waals surface area contributed by atoms with Crippen molar-refractivity contribution in [3.05, 3.63) is 83.4 Å². The minimum absolute atomic E-state index is 0.130. The molecular formula is C27H30N2O4S. The average Bonchev–Trinajstić information content (AvgIpc) is 2.79. The average molecular weight is 479 g/mol. The van der Waals surface area contributed by atoms with Crippen LogP contribution in [0.2, 0.25) is 0 Å². The van der Waals surface area contributed by atoms with Crippen molar-refractivity contribution in [2.45, 2.75) is 51.0 Å². The van der Waals surface area contributed by atoms with E-state index in [1.54, 1.807) is 36.4 Å². The first kappa shape index (κ1) is 23.8. The van der Waals surface area contributed by atoms with Crippen molar-refractivity contribution in [1.82, 2.24) is 0 Å². The summed E-state index contributed by atoms with van der Waals surface area (Å²) in [5.41, 5.74) is 3.91. The zero-order valence-electron chi connectivity index (χ0n) is 20.1. The van der Waals surface area contributed by atoms with Crippen molar-refractivity contribution in [2.75, 3.05) is 16.2 Å². The maximum absolute atomic E-state index is 13.7. The molecule has 0 saturated heterocycles. The summed E-state index contributed by atoms with van der Waals surface area (Å²) >= 11 is 0. The number of aryl methyl sites for hydroxylation is 2. The van der Waals surface area contributed by atoms with Crippen LogP contribution in [0.5, 0.6) is 5.75 Å². The Bertz CT molecular complexity index is 1330. The molecule has 0 aromatic heterocycles. The number of nitrogens with one attached hydrogen (secondary N) is 1. The van der Waals surface area contributed by atoms with Crippen molar-refractivity contribution < 1.29 is 17.9 Å². The molecule has 1 unspecified atom stereocenters. The Morgan fingerprint density at radius 1 is 1.00 bits per heavy atom. The molecule has 1 aliphatic rings. The van der Waals surface area contributed by atoms with Crippen LogP contribution in [0.15, 0.2) is 71.6 Å². The Morgan fingerprint density at radius 2 is 1.71 bits per heavy atom. The van der Waals surface area contributed by atoms with Gasteiger partial charge < -0.3 is 10.1 Å². The molecule has 6 nitrogen and oxygen atoms in total. The second kappa shape index (κ2) is 8.80. The predicted octanol–water partition coefficient (Wildman–Crippen LogP) is 5.20. The van der Waals surface area contributed by atoms with Gasteiger partial charge in [0.05, 0.1) is 17.1 Å². The molecule has 1 atom stereocenters. The van der Waals surface area contributed by atoms with Crippen molar-refractivity contribution in [2.24, 2.45) is 0 Å². The molecule has 3 aromatic rings. The lowest BCUT2D eigenvalue weighted by Crippen LogP contribution is -2.49. The van der Waals surface area contributed by atoms with Crippen molar-refractivity contribution in [3.63, 3.8) is 0 Å². The fourth-order valence-corrected chi connectivity index (χ4v) is 5.46. The van der Waals surface area contributed by atoms with Gasteiger partial charge in [-0.25, -0.2) is 8.42 Å². The standard InChI is InChI=1S/C27H30N2O4S/c1-18-11-13-22(19(2)15-18)28-26(30)25-17-29(34(31,32)21-9-7-6-8-10-21)23-16-20(27(3,4)5)12-14-24(23)33-25/h6-16,25H,17H2,1-5H3,(H,28,30). The van der Waals surface area contributed by atoms with Gasteiger partial charge in [0.25, 0.3) is 15.9 Å². The SMILES string of the molecule is Cc1ccc(NC(=O)C2CN(S(=O)(=O)c3ccccc3)c3cc(C(C)(C)C)ccc3O2)c(C)c1. The third kappa shape index (κ3) is 4.66. The summed E-state index contributed by atoms with van der Waals surface area (Å²) in [5.74, 6) is -0.0368. The highest BCUT2D eigenvalue weighted by Gasteiger charge is 2.38. The predicted molar refractivity (Wildman–Crippen MR) is 135 cm³/mol. The number of anilines is 2. The minimum Gasteiger partial charge on any atom is -0.476 e. The fraction of sp³-hybridized carbons (Fsp3) is 0.296. The number of carbonyl (C=O) groups is 1. The Balaban J connectivity index is 1.74. The Hall–Kier alpha value is -3.32. The lowest BCUT2D eigenvalue weighted by Gasteiger charge is -2.36. The molecule has 34 heavy (non-hydrogen) atoms. The van der Waals surface area contributed by atoms with Crippen LogP contribution >= 0.6 is 0 Å². The summed E-state index contributed by atoms with van der Waals surface area (Å²) in [4.78, 5) is 13.4. The van der Waals surface area contributed by atoms with Crippen LogP contribution in [-0.2, 0) is 20.2 Å². The van der Waals surface area contributed by atoms with E-state index in [0.717, 1.165) is 16.7 Å². The van der Waals surface area contributed by atoms with Gasteiger partial charge >= 0.3 is 0 Å². The topological polar surface area (TPSA) is 75.7 Å². The molecule has 1 aliphatic heterocycles. The van der Waals surface area contributed by atoms with Gasteiger partial charge in [-0.2, -0.15) is 0 Å². The van der Waals surface area contributed by atoms with Crippen LogP contribution in [0.1, 0.15) is 37.5 Å². The second-order valence-electron chi connectivity index (χ2n) is 9.70. The number of ether oxygens (including phenoxy) is 1. The fourth-order valence-electron chi connectivity index (χ4n) is 3.97. The van der Waals surface area contributed by atoms with Gasteiger partial charge in [0, 0.05) is 5.69 Å². The molecule has 0 radical (unpaired) electrons. The quantitative estimate of drug-likeness (QED) is 0.560. The molecule has 178 valence electrons. The maximum Gasteiger partial charge on any atom is 0.267 e. The molecule has 1 N–H and O–H groups in total. The second-order valence-corrected chi connectivity index (χ2v) is 11.6. The van der Waals surface area contributed by atoms with E-state index >= 15 is 0 Å². The monoisotopic (exact) mass is 478 g/mol. The molecule has 1 amide bonds. The molecule has 0 aliphatic carbocycles. The number of benzene rings is 3. The first-order valence-corrected chi connectivity index (χ1v) is 12.7. The molecule has 4 rings (SSSR count). The van der Waals surface area contributed by atoms with Crippen LogP contribution < -0.4 is 14.4 Å². The molecule has 0 spiro atoms. The summed E-state index contributed by atoms with van der Waals surface area (Å²) in [6.07, 6.45) is -1.01. The molecule has 0 saturated carbocycles. The first-order chi connectivity index (χ1) is 16.0. The summed E-state index contributed by atoms with van der Waals surface area (Å²) in [6.45, 7) is 9.96. The third-order valence-electron chi connectivity index (χ3n) is 5.96. The molecular weight excluding hydrogens is 448 g/mol. The number of nitrogens with zero attached hydrogens (tertiary/aromatic N) is 1. The summed E-state index contributed by atoms with van der Waals surface area (Å²) < 4.78 is 34.7. The van der Waals surface area contributed by atoms with Gasteiger partial charge in [-0.1, -0.05) is 62.7 Å². The summed E-state index contributed by atoms with van der Waals surface area (Å²) in [5, 5.41) is 2.90. The molecule has 3 aromatic carbocycles. The van der Waals surface area contributed by atoms with Gasteiger partial charge in [0.2, 0.25) is 0 Å². The van der Waals surface area contributed by atoms with E-state index in [0.29, 0.717) is 17.1 Å². The Labute approximate surface area is 201 Å². The summed E-state index contributed by atoms with van der Waals surface area (Å²) in [7, 11) is -3.92. The van der Waals surface area contributed by atoms with Gasteiger partial charge in [-0.05, 0) is 60.7 Å². The van der Waals surface area contributed by atoms with E-state index < -0.39 is 22.0 Å². The summed E-state index contributed by atoms with van der Waals surface area (Å²) in [6, 6.07) is 19.5. The van der Waals surface area contributed by atoms with Crippen molar-refractivity contribution in [1.29, 1.82) is 0 Å². The number of rotatable bonds is 4. The van der Waals surface area contributed by atoms with Crippen molar-refractivity contribution >= 4 is 27.3 Å². The first-order valence-electron chi connectivity index (χ1n) is 11.2. The van der Waals surface area contributed by atoms with Crippen LogP contribution in [0, 0.1) is 13.8 Å².